The second kappa shape index (κ2) is 10.2. The maximum Gasteiger partial charge on any atom is 0.320 e. The topological polar surface area (TPSA) is 139 Å². The van der Waals surface area contributed by atoms with Crippen molar-refractivity contribution in [3.8, 4) is 5.88 Å². The number of hydrogen-bond acceptors (Lipinski definition) is 8. The first-order chi connectivity index (χ1) is 16.3. The number of aliphatic carboxylic acids is 1. The van der Waals surface area contributed by atoms with Crippen molar-refractivity contribution < 1.29 is 28.2 Å². The molecule has 0 spiro atoms. The molecule has 1 aromatic carbocycles. The minimum Gasteiger partial charge on any atom is -0.481 e. The van der Waals surface area contributed by atoms with Crippen LogP contribution in [-0.2, 0) is 4.79 Å². The molecule has 0 unspecified atom stereocenters. The van der Waals surface area contributed by atoms with Gasteiger partial charge in [-0.25, -0.2) is 9.37 Å². The smallest absolute Gasteiger partial charge is 0.320 e. The molecule has 1 amide bonds. The number of amides is 1. The van der Waals surface area contributed by atoms with Crippen molar-refractivity contribution in [1.29, 1.82) is 0 Å². The molecule has 1 fully saturated rings. The number of aromatic nitrogens is 3. The number of rotatable bonds is 7. The average Bonchev–Trinajstić information content (AvgIpc) is 3.27. The van der Waals surface area contributed by atoms with Crippen LogP contribution in [0.5, 0.6) is 5.88 Å². The molecule has 4 rings (SSSR count). The molecular formula is C21H18Cl2FN5O5. The van der Waals surface area contributed by atoms with Crippen LogP contribution in [0, 0.1) is 11.7 Å². The van der Waals surface area contributed by atoms with Crippen molar-refractivity contribution in [3.63, 3.8) is 0 Å². The fourth-order valence-corrected chi connectivity index (χ4v) is 3.80. The lowest BCUT2D eigenvalue weighted by Crippen LogP contribution is -2.28. The molecular weight excluding hydrogens is 492 g/mol. The number of carbonyl (C=O) groups excluding carboxylic acids is 1. The first-order valence-electron chi connectivity index (χ1n) is 10.2. The lowest BCUT2D eigenvalue weighted by Gasteiger charge is -2.26. The van der Waals surface area contributed by atoms with Gasteiger partial charge in [-0.05, 0) is 49.9 Å². The van der Waals surface area contributed by atoms with Crippen LogP contribution < -0.4 is 15.4 Å². The van der Waals surface area contributed by atoms with Crippen LogP contribution in [-0.4, -0.2) is 38.3 Å². The number of nitrogens with zero attached hydrogens (tertiary/aromatic N) is 3. The summed E-state index contributed by atoms with van der Waals surface area (Å²) in [5, 5.41) is 21.8. The van der Waals surface area contributed by atoms with Crippen LogP contribution in [0.4, 0.5) is 21.8 Å². The van der Waals surface area contributed by atoms with Crippen LogP contribution in [0.1, 0.15) is 36.4 Å². The quantitative estimate of drug-likeness (QED) is 0.404. The highest BCUT2D eigenvalue weighted by molar-refractivity contribution is 6.32. The molecule has 0 aliphatic heterocycles. The van der Waals surface area contributed by atoms with Crippen LogP contribution >= 0.6 is 23.2 Å². The molecule has 0 saturated heterocycles. The summed E-state index contributed by atoms with van der Waals surface area (Å²) in [6.07, 6.45) is 3.41. The summed E-state index contributed by atoms with van der Waals surface area (Å²) in [5.74, 6) is -2.56. The third-order valence-electron chi connectivity index (χ3n) is 5.16. The molecule has 13 heteroatoms. The van der Waals surface area contributed by atoms with Crippen molar-refractivity contribution in [3.05, 3.63) is 52.2 Å². The number of anilines is 3. The van der Waals surface area contributed by atoms with Gasteiger partial charge in [-0.1, -0.05) is 28.3 Å². The molecule has 2 heterocycles. The SMILES string of the molecule is O=C(Nc1cnc(O[C@H]2CC[C@H](C(=O)O)CC2)c(Cl)c1)c1nnc(Nc2ccc(F)c(Cl)c2)o1. The Labute approximate surface area is 202 Å². The number of nitrogens with one attached hydrogen (secondary N) is 2. The van der Waals surface area contributed by atoms with Gasteiger partial charge >= 0.3 is 23.8 Å². The molecule has 0 atom stereocenters. The van der Waals surface area contributed by atoms with Crippen LogP contribution in [0.3, 0.4) is 0 Å². The first-order valence-corrected chi connectivity index (χ1v) is 11.0. The van der Waals surface area contributed by atoms with E-state index in [9.17, 15) is 14.0 Å². The fraction of sp³-hybridized carbons (Fsp3) is 0.286. The molecule has 1 aliphatic carbocycles. The lowest BCUT2D eigenvalue weighted by molar-refractivity contribution is -0.143. The van der Waals surface area contributed by atoms with Gasteiger partial charge in [0.25, 0.3) is 0 Å². The maximum atomic E-state index is 13.3. The van der Waals surface area contributed by atoms with Gasteiger partial charge in [0.1, 0.15) is 16.9 Å². The Hall–Kier alpha value is -3.44. The van der Waals surface area contributed by atoms with Gasteiger partial charge in [0.05, 0.1) is 22.8 Å². The summed E-state index contributed by atoms with van der Waals surface area (Å²) in [4.78, 5) is 27.6. The van der Waals surface area contributed by atoms with Crippen LogP contribution in [0.25, 0.3) is 0 Å². The van der Waals surface area contributed by atoms with Crippen LogP contribution in [0.2, 0.25) is 10.0 Å². The minimum absolute atomic E-state index is 0.0905. The van der Waals surface area contributed by atoms with Gasteiger partial charge in [0.2, 0.25) is 5.88 Å². The zero-order valence-corrected chi connectivity index (χ0v) is 18.9. The summed E-state index contributed by atoms with van der Waals surface area (Å²) >= 11 is 12.0. The highest BCUT2D eigenvalue weighted by Crippen LogP contribution is 2.31. The standard InChI is InChI=1S/C21H18Cl2FN5O5/c22-14-7-11(3-6-16(14)24)27-21-29-28-19(34-21)17(30)26-12-8-15(23)18(25-9-12)33-13-4-1-10(2-5-13)20(31)32/h3,6-10,13H,1-2,4-5H2,(H,26,30)(H,27,29)(H,31,32)/t10-,13-. The number of carboxylic acids is 1. The fourth-order valence-electron chi connectivity index (χ4n) is 3.41. The van der Waals surface area contributed by atoms with E-state index < -0.39 is 17.7 Å². The molecule has 0 bridgehead atoms. The Morgan fingerprint density at radius 3 is 2.50 bits per heavy atom. The maximum absolute atomic E-state index is 13.3. The normalized spacial score (nSPS) is 17.7. The van der Waals surface area contributed by atoms with Crippen molar-refractivity contribution in [2.45, 2.75) is 31.8 Å². The molecule has 10 nitrogen and oxygen atoms in total. The van der Waals surface area contributed by atoms with Gasteiger partial charge in [-0.3, -0.25) is 9.59 Å². The van der Waals surface area contributed by atoms with Crippen molar-refractivity contribution in [2.75, 3.05) is 10.6 Å². The Kier molecular flexibility index (Phi) is 7.13. The van der Waals surface area contributed by atoms with Gasteiger partial charge in [0.15, 0.2) is 0 Å². The average molecular weight is 510 g/mol. The van der Waals surface area contributed by atoms with Crippen LogP contribution in [0.15, 0.2) is 34.9 Å². The predicted octanol–water partition coefficient (Wildman–Crippen LogP) is 4.93. The number of benzene rings is 1. The molecule has 3 N–H and O–H groups in total. The summed E-state index contributed by atoms with van der Waals surface area (Å²) in [5.41, 5.74) is 0.667. The first kappa shape index (κ1) is 23.7. The number of carboxylic acid groups (broad SMARTS) is 1. The number of pyridine rings is 1. The number of carbonyl (C=O) groups is 2. The number of hydrogen-bond donors (Lipinski definition) is 3. The zero-order valence-electron chi connectivity index (χ0n) is 17.4. The van der Waals surface area contributed by atoms with E-state index in [2.05, 4.69) is 25.8 Å². The monoisotopic (exact) mass is 509 g/mol. The third kappa shape index (κ3) is 5.72. The molecule has 178 valence electrons. The summed E-state index contributed by atoms with van der Waals surface area (Å²) in [7, 11) is 0. The second-order valence-electron chi connectivity index (χ2n) is 7.56. The Morgan fingerprint density at radius 2 is 1.82 bits per heavy atom. The Balaban J connectivity index is 1.34. The summed E-state index contributed by atoms with van der Waals surface area (Å²) < 4.78 is 24.3. The van der Waals surface area contributed by atoms with E-state index in [1.165, 1.54) is 30.5 Å². The number of halogens is 3. The molecule has 1 saturated carbocycles. The minimum atomic E-state index is -0.793. The highest BCUT2D eigenvalue weighted by atomic mass is 35.5. The zero-order chi connectivity index (χ0) is 24.2. The van der Waals surface area contributed by atoms with Gasteiger partial charge in [-0.15, -0.1) is 5.10 Å². The molecule has 3 aromatic rings. The van der Waals surface area contributed by atoms with E-state index in [1.807, 2.05) is 0 Å². The van der Waals surface area contributed by atoms with Gasteiger partial charge < -0.3 is 24.9 Å². The van der Waals surface area contributed by atoms with E-state index in [4.69, 9.17) is 37.5 Å². The third-order valence-corrected chi connectivity index (χ3v) is 5.72. The molecule has 2 aromatic heterocycles. The molecule has 1 aliphatic rings. The Bertz CT molecular complexity index is 1220. The van der Waals surface area contributed by atoms with Crippen molar-refractivity contribution >= 4 is 52.5 Å². The lowest BCUT2D eigenvalue weighted by atomic mass is 9.87. The van der Waals surface area contributed by atoms with E-state index in [-0.39, 0.29) is 45.5 Å². The van der Waals surface area contributed by atoms with E-state index in [0.29, 0.717) is 31.4 Å². The Morgan fingerprint density at radius 1 is 1.09 bits per heavy atom. The highest BCUT2D eigenvalue weighted by Gasteiger charge is 2.27. The largest absolute Gasteiger partial charge is 0.481 e. The van der Waals surface area contributed by atoms with Crippen molar-refractivity contribution in [1.82, 2.24) is 15.2 Å². The van der Waals surface area contributed by atoms with Gasteiger partial charge in [0, 0.05) is 5.69 Å². The van der Waals surface area contributed by atoms with Gasteiger partial charge in [-0.2, -0.15) is 0 Å². The molecule has 34 heavy (non-hydrogen) atoms. The van der Waals surface area contributed by atoms with E-state index >= 15 is 0 Å². The van der Waals surface area contributed by atoms with Crippen molar-refractivity contribution in [2.24, 2.45) is 5.92 Å². The predicted molar refractivity (Wildman–Crippen MR) is 120 cm³/mol. The van der Waals surface area contributed by atoms with E-state index in [1.54, 1.807) is 0 Å². The molecule has 0 radical (unpaired) electrons. The van der Waals surface area contributed by atoms with E-state index in [0.717, 1.165) is 0 Å². The number of ether oxygens (including phenoxy) is 1. The second-order valence-corrected chi connectivity index (χ2v) is 8.38. The summed E-state index contributed by atoms with van der Waals surface area (Å²) in [6.45, 7) is 0. The summed E-state index contributed by atoms with van der Waals surface area (Å²) in [6, 6.07) is 5.28.